The fourth-order valence-electron chi connectivity index (χ4n) is 1.36. The van der Waals surface area contributed by atoms with E-state index < -0.39 is 0 Å². The van der Waals surface area contributed by atoms with Gasteiger partial charge in [0.2, 0.25) is 0 Å². The minimum absolute atomic E-state index is 0.0417. The van der Waals surface area contributed by atoms with Gasteiger partial charge < -0.3 is 4.90 Å². The molecule has 0 fully saturated rings. The lowest BCUT2D eigenvalue weighted by molar-refractivity contribution is 0.287. The summed E-state index contributed by atoms with van der Waals surface area (Å²) in [5.74, 6) is 0.711. The van der Waals surface area contributed by atoms with Crippen LogP contribution in [-0.4, -0.2) is 24.3 Å². The van der Waals surface area contributed by atoms with Crippen LogP contribution in [0.1, 0.15) is 41.5 Å². The third-order valence-corrected chi connectivity index (χ3v) is 1.80. The molecule has 0 aliphatic rings. The van der Waals surface area contributed by atoms with E-state index in [4.69, 9.17) is 5.41 Å². The summed E-state index contributed by atoms with van der Waals surface area (Å²) in [5, 5.41) is 7.95. The summed E-state index contributed by atoms with van der Waals surface area (Å²) in [7, 11) is 2.00. The zero-order chi connectivity index (χ0) is 10.9. The molecule has 0 saturated carbocycles. The molecule has 0 radical (unpaired) electrons. The maximum Gasteiger partial charge on any atom is 0.101 e. The normalized spacial score (nSPS) is 12.8. The number of hydrogen-bond acceptors (Lipinski definition) is 1. The van der Waals surface area contributed by atoms with Crippen molar-refractivity contribution in [2.75, 3.05) is 13.6 Å². The summed E-state index contributed by atoms with van der Waals surface area (Å²) in [5.41, 5.74) is 0.215. The van der Waals surface area contributed by atoms with Crippen LogP contribution in [0.2, 0.25) is 0 Å². The van der Waals surface area contributed by atoms with Crippen molar-refractivity contribution in [3.63, 3.8) is 0 Å². The molecule has 0 heterocycles. The van der Waals surface area contributed by atoms with Gasteiger partial charge in [0.1, 0.15) is 5.84 Å². The monoisotopic (exact) mass is 184 g/mol. The largest absolute Gasteiger partial charge is 0.363 e. The number of nitrogens with zero attached hydrogens (tertiary/aromatic N) is 1. The molecule has 78 valence electrons. The van der Waals surface area contributed by atoms with E-state index in [9.17, 15) is 0 Å². The quantitative estimate of drug-likeness (QED) is 0.492. The lowest BCUT2D eigenvalue weighted by atomic mass is 9.91. The average Bonchev–Trinajstić information content (AvgIpc) is 1.79. The highest BCUT2D eigenvalue weighted by molar-refractivity contribution is 5.84. The van der Waals surface area contributed by atoms with Crippen molar-refractivity contribution < 1.29 is 0 Å². The third-order valence-electron chi connectivity index (χ3n) is 1.80. The minimum Gasteiger partial charge on any atom is -0.363 e. The molecular weight excluding hydrogens is 160 g/mol. The van der Waals surface area contributed by atoms with Gasteiger partial charge >= 0.3 is 0 Å². The van der Waals surface area contributed by atoms with Gasteiger partial charge in [-0.2, -0.15) is 0 Å². The molecule has 0 saturated heterocycles. The van der Waals surface area contributed by atoms with Crippen LogP contribution in [0.15, 0.2) is 0 Å². The van der Waals surface area contributed by atoms with E-state index >= 15 is 0 Å². The smallest absolute Gasteiger partial charge is 0.101 e. The molecule has 0 aliphatic carbocycles. The predicted molar refractivity (Wildman–Crippen MR) is 59.3 cm³/mol. The van der Waals surface area contributed by atoms with Crippen LogP contribution in [-0.2, 0) is 0 Å². The van der Waals surface area contributed by atoms with Gasteiger partial charge in [0.15, 0.2) is 0 Å². The summed E-state index contributed by atoms with van der Waals surface area (Å²) in [6.07, 6.45) is 0. The Labute approximate surface area is 82.8 Å². The summed E-state index contributed by atoms with van der Waals surface area (Å²) < 4.78 is 0. The van der Waals surface area contributed by atoms with Crippen LogP contribution in [0.4, 0.5) is 0 Å². The molecule has 1 N–H and O–H groups in total. The lowest BCUT2D eigenvalue weighted by Crippen LogP contribution is -2.40. The molecule has 0 unspecified atom stereocenters. The SMILES string of the molecule is CN(CC(C)(C)C)C(=N)C(C)(C)C. The lowest BCUT2D eigenvalue weighted by Gasteiger charge is -2.33. The van der Waals surface area contributed by atoms with Crippen molar-refractivity contribution in [2.45, 2.75) is 41.5 Å². The van der Waals surface area contributed by atoms with E-state index in [1.54, 1.807) is 0 Å². The van der Waals surface area contributed by atoms with E-state index in [0.717, 1.165) is 6.54 Å². The highest BCUT2D eigenvalue weighted by Crippen LogP contribution is 2.20. The molecule has 0 spiro atoms. The van der Waals surface area contributed by atoms with E-state index in [1.165, 1.54) is 0 Å². The second-order valence-electron chi connectivity index (χ2n) is 6.02. The Morgan fingerprint density at radius 1 is 1.08 bits per heavy atom. The Kier molecular flexibility index (Phi) is 3.54. The molecule has 0 amide bonds. The highest BCUT2D eigenvalue weighted by Gasteiger charge is 2.23. The topological polar surface area (TPSA) is 27.1 Å². The Balaban J connectivity index is 4.30. The number of rotatable bonds is 1. The fourth-order valence-corrected chi connectivity index (χ4v) is 1.36. The van der Waals surface area contributed by atoms with Gasteiger partial charge in [0, 0.05) is 19.0 Å². The van der Waals surface area contributed by atoms with Crippen molar-refractivity contribution in [3.05, 3.63) is 0 Å². The predicted octanol–water partition coefficient (Wildman–Crippen LogP) is 2.99. The van der Waals surface area contributed by atoms with Crippen LogP contribution >= 0.6 is 0 Å². The molecule has 0 aromatic rings. The number of hydrogen-bond donors (Lipinski definition) is 1. The summed E-state index contributed by atoms with van der Waals surface area (Å²) in [4.78, 5) is 2.04. The summed E-state index contributed by atoms with van der Waals surface area (Å²) in [6.45, 7) is 13.7. The highest BCUT2D eigenvalue weighted by atomic mass is 15.1. The standard InChI is InChI=1S/C11H24N2/c1-10(2,3)8-13(7)9(12)11(4,5)6/h12H,8H2,1-7H3. The Hall–Kier alpha value is -0.530. The third kappa shape index (κ3) is 4.91. The van der Waals surface area contributed by atoms with Gasteiger partial charge in [-0.05, 0) is 5.41 Å². The average molecular weight is 184 g/mol. The molecule has 0 aromatic heterocycles. The van der Waals surface area contributed by atoms with Gasteiger partial charge in [-0.3, -0.25) is 5.41 Å². The first-order chi connectivity index (χ1) is 5.54. The van der Waals surface area contributed by atoms with Crippen molar-refractivity contribution in [1.29, 1.82) is 5.41 Å². The molecule has 0 bridgehead atoms. The molecule has 0 aromatic carbocycles. The second kappa shape index (κ2) is 3.69. The summed E-state index contributed by atoms with van der Waals surface area (Å²) in [6, 6.07) is 0. The number of amidine groups is 1. The van der Waals surface area contributed by atoms with Crippen LogP contribution in [0, 0.1) is 16.2 Å². The van der Waals surface area contributed by atoms with Crippen molar-refractivity contribution in [2.24, 2.45) is 10.8 Å². The van der Waals surface area contributed by atoms with Gasteiger partial charge in [0.05, 0.1) is 0 Å². The van der Waals surface area contributed by atoms with Crippen LogP contribution in [0.3, 0.4) is 0 Å². The maximum atomic E-state index is 7.95. The molecule has 2 nitrogen and oxygen atoms in total. The Bertz CT molecular complexity index is 181. The van der Waals surface area contributed by atoms with E-state index in [1.807, 2.05) is 11.9 Å². The van der Waals surface area contributed by atoms with Crippen LogP contribution in [0.25, 0.3) is 0 Å². The Morgan fingerprint density at radius 2 is 1.46 bits per heavy atom. The fraction of sp³-hybridized carbons (Fsp3) is 0.909. The van der Waals surface area contributed by atoms with Gasteiger partial charge in [-0.1, -0.05) is 41.5 Å². The Morgan fingerprint density at radius 3 is 1.69 bits per heavy atom. The van der Waals surface area contributed by atoms with Crippen LogP contribution < -0.4 is 0 Å². The molecule has 0 atom stereocenters. The maximum absolute atomic E-state index is 7.95. The van der Waals surface area contributed by atoms with E-state index in [2.05, 4.69) is 41.5 Å². The first-order valence-corrected chi connectivity index (χ1v) is 4.84. The van der Waals surface area contributed by atoms with Crippen LogP contribution in [0.5, 0.6) is 0 Å². The van der Waals surface area contributed by atoms with Gasteiger partial charge in [-0.25, -0.2) is 0 Å². The first-order valence-electron chi connectivity index (χ1n) is 4.84. The molecule has 0 rings (SSSR count). The molecule has 2 heteroatoms. The van der Waals surface area contributed by atoms with Crippen molar-refractivity contribution in [1.82, 2.24) is 4.90 Å². The zero-order valence-corrected chi connectivity index (χ0v) is 10.2. The first kappa shape index (κ1) is 12.5. The van der Waals surface area contributed by atoms with E-state index in [0.29, 0.717) is 5.84 Å². The molecular formula is C11H24N2. The van der Waals surface area contributed by atoms with Crippen molar-refractivity contribution >= 4 is 5.84 Å². The van der Waals surface area contributed by atoms with Gasteiger partial charge in [0.25, 0.3) is 0 Å². The number of nitrogens with one attached hydrogen (secondary N) is 1. The van der Waals surface area contributed by atoms with Crippen molar-refractivity contribution in [3.8, 4) is 0 Å². The summed E-state index contributed by atoms with van der Waals surface area (Å²) >= 11 is 0. The minimum atomic E-state index is -0.0417. The second-order valence-corrected chi connectivity index (χ2v) is 6.02. The van der Waals surface area contributed by atoms with Gasteiger partial charge in [-0.15, -0.1) is 0 Å². The molecule has 0 aliphatic heterocycles. The zero-order valence-electron chi connectivity index (χ0n) is 10.2. The molecule has 13 heavy (non-hydrogen) atoms. The van der Waals surface area contributed by atoms with E-state index in [-0.39, 0.29) is 10.8 Å².